The number of thioether (sulfide) groups is 1. The Balaban J connectivity index is 1.61. The molecule has 3 aromatic rings. The van der Waals surface area contributed by atoms with E-state index in [2.05, 4.69) is 33.5 Å². The van der Waals surface area contributed by atoms with Crippen LogP contribution in [0.3, 0.4) is 0 Å². The molecule has 1 heterocycles. The number of nitrogens with zero attached hydrogens (tertiary/aromatic N) is 3. The lowest BCUT2D eigenvalue weighted by Gasteiger charge is -2.15. The Kier molecular flexibility index (Phi) is 9.08. The highest BCUT2D eigenvalue weighted by Gasteiger charge is 2.20. The smallest absolute Gasteiger partial charge is 0.234 e. The number of aryl methyl sites for hydroxylation is 2. The Morgan fingerprint density at radius 3 is 2.43 bits per heavy atom. The second-order valence-electron chi connectivity index (χ2n) is 8.27. The molecule has 0 saturated carbocycles. The van der Waals surface area contributed by atoms with E-state index in [1.807, 2.05) is 61.7 Å². The van der Waals surface area contributed by atoms with E-state index in [0.717, 1.165) is 28.1 Å². The largest absolute Gasteiger partial charge is 0.497 e. The number of ether oxygens (including phenoxy) is 1. The molecule has 2 N–H and O–H groups in total. The van der Waals surface area contributed by atoms with Crippen molar-refractivity contribution in [3.8, 4) is 5.75 Å². The van der Waals surface area contributed by atoms with Crippen LogP contribution < -0.4 is 15.4 Å². The number of hydrogen-bond donors (Lipinski definition) is 2. The Morgan fingerprint density at radius 1 is 1.11 bits per heavy atom. The number of carbonyl (C=O) groups excluding carboxylic acids is 2. The molecule has 0 aliphatic rings. The number of anilines is 1. The molecule has 0 saturated heterocycles. The van der Waals surface area contributed by atoms with Crippen LogP contribution in [0.1, 0.15) is 35.5 Å². The Hall–Kier alpha value is -3.59. The van der Waals surface area contributed by atoms with Gasteiger partial charge in [0, 0.05) is 12.2 Å². The molecule has 3 rings (SSSR count). The molecule has 2 aromatic carbocycles. The maximum absolute atomic E-state index is 12.6. The molecule has 1 atom stereocenters. The Morgan fingerprint density at radius 2 is 1.80 bits per heavy atom. The van der Waals surface area contributed by atoms with Crippen LogP contribution in [0, 0.1) is 13.8 Å². The first-order chi connectivity index (χ1) is 16.8. The van der Waals surface area contributed by atoms with Gasteiger partial charge in [-0.1, -0.05) is 36.0 Å². The summed E-state index contributed by atoms with van der Waals surface area (Å²) in [6.07, 6.45) is 1.97. The van der Waals surface area contributed by atoms with Crippen LogP contribution >= 0.6 is 11.8 Å². The number of amides is 2. The summed E-state index contributed by atoms with van der Waals surface area (Å²) in [5, 5.41) is 15.0. The average molecular weight is 494 g/mol. The molecule has 35 heavy (non-hydrogen) atoms. The van der Waals surface area contributed by atoms with E-state index in [9.17, 15) is 9.59 Å². The number of aromatic nitrogens is 3. The predicted octanol–water partition coefficient (Wildman–Crippen LogP) is 4.24. The molecule has 0 unspecified atom stereocenters. The lowest BCUT2D eigenvalue weighted by atomic mass is 10.1. The minimum absolute atomic E-state index is 0.127. The van der Waals surface area contributed by atoms with E-state index in [0.29, 0.717) is 17.5 Å². The van der Waals surface area contributed by atoms with Crippen molar-refractivity contribution >= 4 is 29.3 Å². The van der Waals surface area contributed by atoms with Gasteiger partial charge in [-0.25, -0.2) is 0 Å². The van der Waals surface area contributed by atoms with Crippen LogP contribution in [0.25, 0.3) is 0 Å². The van der Waals surface area contributed by atoms with E-state index in [1.54, 1.807) is 13.2 Å². The normalized spacial score (nSPS) is 11.5. The molecular weight excluding hydrogens is 462 g/mol. The standard InChI is InChI=1S/C26H31N5O3S/c1-6-11-31-25(19(4)27-23(32)15-20-7-9-22(34-5)10-8-20)29-30-26(31)35-16-24(33)28-21-13-17(2)12-18(3)14-21/h6-10,12-14,19H,1,11,15-16H2,2-5H3,(H,27,32)(H,28,33)/t19-/m0/s1. The molecule has 0 aliphatic carbocycles. The predicted molar refractivity (Wildman–Crippen MR) is 139 cm³/mol. The van der Waals surface area contributed by atoms with E-state index in [4.69, 9.17) is 4.74 Å². The Bertz CT molecular complexity index is 1170. The molecule has 2 amide bonds. The van der Waals surface area contributed by atoms with Gasteiger partial charge in [0.15, 0.2) is 11.0 Å². The third-order valence-corrected chi connectivity index (χ3v) is 6.15. The van der Waals surface area contributed by atoms with E-state index >= 15 is 0 Å². The van der Waals surface area contributed by atoms with Gasteiger partial charge in [-0.05, 0) is 61.7 Å². The van der Waals surface area contributed by atoms with Gasteiger partial charge in [0.05, 0.1) is 25.3 Å². The summed E-state index contributed by atoms with van der Waals surface area (Å²) < 4.78 is 7.02. The summed E-state index contributed by atoms with van der Waals surface area (Å²) in [6.45, 7) is 10.1. The van der Waals surface area contributed by atoms with Gasteiger partial charge in [-0.3, -0.25) is 9.59 Å². The topological polar surface area (TPSA) is 98.1 Å². The summed E-state index contributed by atoms with van der Waals surface area (Å²) in [6, 6.07) is 12.9. The molecule has 0 radical (unpaired) electrons. The van der Waals surface area contributed by atoms with Crippen LogP contribution in [-0.4, -0.2) is 39.4 Å². The maximum atomic E-state index is 12.6. The van der Waals surface area contributed by atoms with Crippen LogP contribution in [0.15, 0.2) is 60.3 Å². The van der Waals surface area contributed by atoms with Crippen molar-refractivity contribution in [2.24, 2.45) is 0 Å². The molecule has 9 heteroatoms. The average Bonchev–Trinajstić information content (AvgIpc) is 3.20. The Labute approximate surface area is 210 Å². The highest BCUT2D eigenvalue weighted by molar-refractivity contribution is 7.99. The lowest BCUT2D eigenvalue weighted by molar-refractivity contribution is -0.121. The van der Waals surface area contributed by atoms with Gasteiger partial charge >= 0.3 is 0 Å². The van der Waals surface area contributed by atoms with Gasteiger partial charge in [0.2, 0.25) is 11.8 Å². The summed E-state index contributed by atoms with van der Waals surface area (Å²) in [7, 11) is 1.60. The third kappa shape index (κ3) is 7.45. The molecule has 0 aliphatic heterocycles. The first-order valence-corrected chi connectivity index (χ1v) is 12.2. The fourth-order valence-corrected chi connectivity index (χ4v) is 4.44. The molecule has 0 spiro atoms. The quantitative estimate of drug-likeness (QED) is 0.306. The highest BCUT2D eigenvalue weighted by Crippen LogP contribution is 2.22. The first-order valence-electron chi connectivity index (χ1n) is 11.3. The van der Waals surface area contributed by atoms with Gasteiger partial charge in [0.25, 0.3) is 0 Å². The zero-order valence-electron chi connectivity index (χ0n) is 20.5. The van der Waals surface area contributed by atoms with Crippen LogP contribution in [0.2, 0.25) is 0 Å². The van der Waals surface area contributed by atoms with Crippen LogP contribution in [-0.2, 0) is 22.6 Å². The van der Waals surface area contributed by atoms with Gasteiger partial charge in [-0.15, -0.1) is 16.8 Å². The lowest BCUT2D eigenvalue weighted by Crippen LogP contribution is -2.30. The van der Waals surface area contributed by atoms with Crippen molar-refractivity contribution in [1.82, 2.24) is 20.1 Å². The minimum Gasteiger partial charge on any atom is -0.497 e. The van der Waals surface area contributed by atoms with Crippen molar-refractivity contribution in [1.29, 1.82) is 0 Å². The second kappa shape index (κ2) is 12.2. The fraction of sp³-hybridized carbons (Fsp3) is 0.308. The fourth-order valence-electron chi connectivity index (χ4n) is 3.69. The minimum atomic E-state index is -0.369. The number of allylic oxidation sites excluding steroid dienone is 1. The molecule has 0 fully saturated rings. The van der Waals surface area contributed by atoms with Crippen LogP contribution in [0.4, 0.5) is 5.69 Å². The summed E-state index contributed by atoms with van der Waals surface area (Å²) >= 11 is 1.29. The zero-order valence-corrected chi connectivity index (χ0v) is 21.3. The van der Waals surface area contributed by atoms with Crippen molar-refractivity contribution < 1.29 is 14.3 Å². The van der Waals surface area contributed by atoms with E-state index in [-0.39, 0.29) is 30.0 Å². The summed E-state index contributed by atoms with van der Waals surface area (Å²) in [5.41, 5.74) is 3.83. The number of benzene rings is 2. The molecule has 184 valence electrons. The number of nitrogens with one attached hydrogen (secondary N) is 2. The monoisotopic (exact) mass is 493 g/mol. The molecule has 8 nitrogen and oxygen atoms in total. The molecule has 1 aromatic heterocycles. The van der Waals surface area contributed by atoms with Gasteiger partial charge in [-0.2, -0.15) is 0 Å². The SMILES string of the molecule is C=CCn1c(SCC(=O)Nc2cc(C)cc(C)c2)nnc1[C@H](C)NC(=O)Cc1ccc(OC)cc1. The number of carbonyl (C=O) groups is 2. The summed E-state index contributed by atoms with van der Waals surface area (Å²) in [4.78, 5) is 25.1. The summed E-state index contributed by atoms with van der Waals surface area (Å²) in [5.74, 6) is 1.27. The zero-order chi connectivity index (χ0) is 25.4. The van der Waals surface area contributed by atoms with Crippen molar-refractivity contribution in [3.63, 3.8) is 0 Å². The highest BCUT2D eigenvalue weighted by atomic mass is 32.2. The number of methoxy groups -OCH3 is 1. The number of rotatable bonds is 11. The third-order valence-electron chi connectivity index (χ3n) is 5.18. The van der Waals surface area contributed by atoms with Gasteiger partial charge in [0.1, 0.15) is 5.75 Å². The van der Waals surface area contributed by atoms with Crippen LogP contribution in [0.5, 0.6) is 5.75 Å². The second-order valence-corrected chi connectivity index (χ2v) is 9.21. The molecular formula is C26H31N5O3S. The van der Waals surface area contributed by atoms with Gasteiger partial charge < -0.3 is 19.9 Å². The van der Waals surface area contributed by atoms with Crippen molar-refractivity contribution in [2.45, 2.75) is 44.9 Å². The molecule has 0 bridgehead atoms. The first kappa shape index (κ1) is 26.0. The maximum Gasteiger partial charge on any atom is 0.234 e. The van der Waals surface area contributed by atoms with E-state index < -0.39 is 0 Å². The van der Waals surface area contributed by atoms with Crippen molar-refractivity contribution in [2.75, 3.05) is 18.2 Å². The number of hydrogen-bond acceptors (Lipinski definition) is 6. The van der Waals surface area contributed by atoms with Crippen molar-refractivity contribution in [3.05, 3.63) is 77.6 Å². The van der Waals surface area contributed by atoms with E-state index in [1.165, 1.54) is 11.8 Å².